The quantitative estimate of drug-likeness (QED) is 0.795. The van der Waals surface area contributed by atoms with Gasteiger partial charge < -0.3 is 9.73 Å². The van der Waals surface area contributed by atoms with Gasteiger partial charge in [0.25, 0.3) is 0 Å². The lowest BCUT2D eigenvalue weighted by molar-refractivity contribution is 0.457. The number of aryl methyl sites for hydroxylation is 1. The first kappa shape index (κ1) is 12.9. The second-order valence-electron chi connectivity index (χ2n) is 4.85. The minimum Gasteiger partial charge on any atom is -0.459 e. The third-order valence-electron chi connectivity index (χ3n) is 3.19. The van der Waals surface area contributed by atoms with Gasteiger partial charge in [0.05, 0.1) is 6.04 Å². The number of hydrogen-bond acceptors (Lipinski definition) is 2. The fourth-order valence-corrected chi connectivity index (χ4v) is 2.25. The maximum atomic E-state index is 5.99. The molecule has 1 atom stereocenters. The van der Waals surface area contributed by atoms with Crippen LogP contribution in [0, 0.1) is 0 Å². The van der Waals surface area contributed by atoms with Crippen LogP contribution in [0.1, 0.15) is 38.1 Å². The van der Waals surface area contributed by atoms with E-state index in [1.165, 1.54) is 10.9 Å². The number of rotatable bonds is 5. The Balaban J connectivity index is 2.34. The first-order valence-corrected chi connectivity index (χ1v) is 6.51. The average molecular weight is 243 g/mol. The molecule has 2 nitrogen and oxygen atoms in total. The Labute approximate surface area is 109 Å². The number of nitrogens with one attached hydrogen (secondary N) is 1. The van der Waals surface area contributed by atoms with Gasteiger partial charge >= 0.3 is 0 Å². The van der Waals surface area contributed by atoms with Crippen LogP contribution >= 0.6 is 0 Å². The van der Waals surface area contributed by atoms with Crippen LogP contribution in [-0.2, 0) is 6.42 Å². The molecule has 1 N–H and O–H groups in total. The molecule has 0 spiro atoms. The van der Waals surface area contributed by atoms with Crippen molar-refractivity contribution in [3.05, 3.63) is 47.7 Å². The Morgan fingerprint density at radius 3 is 2.78 bits per heavy atom. The highest BCUT2D eigenvalue weighted by Crippen LogP contribution is 2.30. The molecule has 1 unspecified atom stereocenters. The number of hydrogen-bond donors (Lipinski definition) is 1. The van der Waals surface area contributed by atoms with Gasteiger partial charge in [-0.25, -0.2) is 0 Å². The number of para-hydroxylation sites is 1. The zero-order valence-corrected chi connectivity index (χ0v) is 11.4. The molecule has 2 rings (SSSR count). The summed E-state index contributed by atoms with van der Waals surface area (Å²) >= 11 is 0. The van der Waals surface area contributed by atoms with Crippen molar-refractivity contribution in [1.29, 1.82) is 0 Å². The molecular formula is C16H21NO. The average Bonchev–Trinajstić information content (AvgIpc) is 2.74. The van der Waals surface area contributed by atoms with Gasteiger partial charge in [0.15, 0.2) is 0 Å². The van der Waals surface area contributed by atoms with Crippen LogP contribution in [-0.4, -0.2) is 6.54 Å². The van der Waals surface area contributed by atoms with Gasteiger partial charge in [-0.15, -0.1) is 0 Å². The molecule has 1 aromatic carbocycles. The Morgan fingerprint density at radius 1 is 1.39 bits per heavy atom. The van der Waals surface area contributed by atoms with Crippen molar-refractivity contribution in [3.63, 3.8) is 0 Å². The number of furan rings is 1. The van der Waals surface area contributed by atoms with Crippen molar-refractivity contribution < 1.29 is 4.42 Å². The minimum absolute atomic E-state index is 0.212. The van der Waals surface area contributed by atoms with E-state index in [2.05, 4.69) is 37.9 Å². The molecule has 0 amide bonds. The van der Waals surface area contributed by atoms with E-state index in [0.717, 1.165) is 29.9 Å². The Morgan fingerprint density at radius 2 is 2.11 bits per heavy atom. The Hall–Kier alpha value is -1.54. The summed E-state index contributed by atoms with van der Waals surface area (Å²) in [4.78, 5) is 0. The Bertz CT molecular complexity index is 553. The second-order valence-corrected chi connectivity index (χ2v) is 4.85. The predicted octanol–water partition coefficient (Wildman–Crippen LogP) is 4.22. The van der Waals surface area contributed by atoms with E-state index in [-0.39, 0.29) is 6.04 Å². The normalized spacial score (nSPS) is 12.8. The fraction of sp³-hybridized carbons (Fsp3) is 0.375. The fourth-order valence-electron chi connectivity index (χ4n) is 2.25. The van der Waals surface area contributed by atoms with E-state index in [4.69, 9.17) is 4.42 Å². The second kappa shape index (κ2) is 5.40. The van der Waals surface area contributed by atoms with Gasteiger partial charge in [-0.3, -0.25) is 0 Å². The van der Waals surface area contributed by atoms with E-state index >= 15 is 0 Å². The highest BCUT2D eigenvalue weighted by Gasteiger charge is 2.17. The first-order valence-electron chi connectivity index (χ1n) is 6.51. The molecule has 0 aliphatic carbocycles. The summed E-state index contributed by atoms with van der Waals surface area (Å²) in [7, 11) is 0. The van der Waals surface area contributed by atoms with E-state index in [9.17, 15) is 0 Å². The molecule has 0 fully saturated rings. The SMILES string of the molecule is C=C(C)CNC(C)c1oc2ccccc2c1CC. The van der Waals surface area contributed by atoms with Gasteiger partial charge in [-0.05, 0) is 26.3 Å². The largest absolute Gasteiger partial charge is 0.459 e. The van der Waals surface area contributed by atoms with Crippen LogP contribution < -0.4 is 5.32 Å². The molecular weight excluding hydrogens is 222 g/mol. The van der Waals surface area contributed by atoms with E-state index in [1.807, 2.05) is 19.1 Å². The maximum Gasteiger partial charge on any atom is 0.134 e. The molecule has 2 heteroatoms. The molecule has 0 aliphatic rings. The lowest BCUT2D eigenvalue weighted by Crippen LogP contribution is -2.20. The van der Waals surface area contributed by atoms with E-state index in [0.29, 0.717) is 0 Å². The summed E-state index contributed by atoms with van der Waals surface area (Å²) in [5.74, 6) is 1.06. The monoisotopic (exact) mass is 243 g/mol. The van der Waals surface area contributed by atoms with Crippen molar-refractivity contribution >= 4 is 11.0 Å². The van der Waals surface area contributed by atoms with E-state index < -0.39 is 0 Å². The zero-order valence-electron chi connectivity index (χ0n) is 11.4. The van der Waals surface area contributed by atoms with Gasteiger partial charge in [-0.2, -0.15) is 0 Å². The van der Waals surface area contributed by atoms with Crippen LogP contribution in [0.15, 0.2) is 40.8 Å². The predicted molar refractivity (Wildman–Crippen MR) is 76.8 cm³/mol. The molecule has 1 aromatic heterocycles. The topological polar surface area (TPSA) is 25.2 Å². The summed E-state index contributed by atoms with van der Waals surface area (Å²) in [6.07, 6.45) is 0.992. The van der Waals surface area contributed by atoms with Crippen LogP contribution in [0.5, 0.6) is 0 Å². The third-order valence-corrected chi connectivity index (χ3v) is 3.19. The molecule has 96 valence electrons. The van der Waals surface area contributed by atoms with Crippen molar-refractivity contribution in [1.82, 2.24) is 5.32 Å². The molecule has 0 saturated carbocycles. The van der Waals surface area contributed by atoms with Crippen LogP contribution in [0.2, 0.25) is 0 Å². The third kappa shape index (κ3) is 2.49. The standard InChI is InChI=1S/C16H21NO/c1-5-13-14-8-6-7-9-15(14)18-16(13)12(4)17-10-11(2)3/h6-9,12,17H,2,5,10H2,1,3-4H3. The highest BCUT2D eigenvalue weighted by molar-refractivity contribution is 5.82. The van der Waals surface area contributed by atoms with Gasteiger partial charge in [0.1, 0.15) is 11.3 Å². The molecule has 0 radical (unpaired) electrons. The van der Waals surface area contributed by atoms with Crippen molar-refractivity contribution in [2.24, 2.45) is 0 Å². The van der Waals surface area contributed by atoms with Crippen LogP contribution in [0.4, 0.5) is 0 Å². The zero-order chi connectivity index (χ0) is 13.1. The molecule has 18 heavy (non-hydrogen) atoms. The van der Waals surface area contributed by atoms with Crippen LogP contribution in [0.3, 0.4) is 0 Å². The summed E-state index contributed by atoms with van der Waals surface area (Å²) in [6.45, 7) is 11.1. The maximum absolute atomic E-state index is 5.99. The van der Waals surface area contributed by atoms with Crippen molar-refractivity contribution in [3.8, 4) is 0 Å². The Kier molecular flexibility index (Phi) is 3.87. The van der Waals surface area contributed by atoms with Crippen molar-refractivity contribution in [2.75, 3.05) is 6.54 Å². The number of fused-ring (bicyclic) bond motifs is 1. The summed E-state index contributed by atoms with van der Waals surface area (Å²) in [5.41, 5.74) is 3.43. The molecule has 0 bridgehead atoms. The lowest BCUT2D eigenvalue weighted by atomic mass is 10.0. The smallest absolute Gasteiger partial charge is 0.134 e. The first-order chi connectivity index (χ1) is 8.63. The van der Waals surface area contributed by atoms with E-state index in [1.54, 1.807) is 0 Å². The van der Waals surface area contributed by atoms with Gasteiger partial charge in [0, 0.05) is 17.5 Å². The molecule has 0 aliphatic heterocycles. The summed E-state index contributed by atoms with van der Waals surface area (Å²) in [6, 6.07) is 8.45. The highest BCUT2D eigenvalue weighted by atomic mass is 16.3. The van der Waals surface area contributed by atoms with Gasteiger partial charge in [-0.1, -0.05) is 37.3 Å². The van der Waals surface area contributed by atoms with Crippen molar-refractivity contribution in [2.45, 2.75) is 33.2 Å². The minimum atomic E-state index is 0.212. The van der Waals surface area contributed by atoms with Crippen LogP contribution in [0.25, 0.3) is 11.0 Å². The lowest BCUT2D eigenvalue weighted by Gasteiger charge is -2.12. The number of benzene rings is 1. The molecule has 0 saturated heterocycles. The summed E-state index contributed by atoms with van der Waals surface area (Å²) in [5, 5.41) is 4.68. The molecule has 2 aromatic rings. The summed E-state index contributed by atoms with van der Waals surface area (Å²) < 4.78 is 5.99. The van der Waals surface area contributed by atoms with Gasteiger partial charge in [0.2, 0.25) is 0 Å². The molecule has 1 heterocycles.